The van der Waals surface area contributed by atoms with E-state index in [9.17, 15) is 9.59 Å². The van der Waals surface area contributed by atoms with Crippen molar-refractivity contribution in [3.05, 3.63) is 52.9 Å². The number of esters is 1. The van der Waals surface area contributed by atoms with E-state index >= 15 is 0 Å². The fourth-order valence-electron chi connectivity index (χ4n) is 3.92. The Morgan fingerprint density at radius 2 is 2.12 bits per heavy atom. The second-order valence-corrected chi connectivity index (χ2v) is 9.57. The second-order valence-electron chi connectivity index (χ2n) is 7.52. The van der Waals surface area contributed by atoms with Crippen molar-refractivity contribution in [2.75, 3.05) is 24.8 Å². The molecule has 1 aromatic carbocycles. The smallest absolute Gasteiger partial charge is 0.341 e. The first-order valence-electron chi connectivity index (χ1n) is 11.0. The molecule has 0 atom stereocenters. The van der Waals surface area contributed by atoms with Gasteiger partial charge in [0.2, 0.25) is 5.91 Å². The van der Waals surface area contributed by atoms with E-state index in [1.807, 2.05) is 28.8 Å². The van der Waals surface area contributed by atoms with Crippen molar-refractivity contribution in [1.29, 1.82) is 0 Å². The van der Waals surface area contributed by atoms with Crippen LogP contribution in [0.4, 0.5) is 5.00 Å². The standard InChI is InChI=1S/C24H26N4O4S2/c1-4-13-28-21(15-9-6-7-11-17(15)31-3)26-27-24(28)33-14-19(29)25-22-20(23(30)32-5-2)16-10-8-12-18(16)34-22/h4,6-7,9,11H,1,5,8,10,12-14H2,2-3H3,(H,25,29). The Morgan fingerprint density at radius 3 is 2.88 bits per heavy atom. The quantitative estimate of drug-likeness (QED) is 0.248. The number of thiophene rings is 1. The zero-order valence-electron chi connectivity index (χ0n) is 19.1. The van der Waals surface area contributed by atoms with Gasteiger partial charge in [-0.15, -0.1) is 28.1 Å². The average molecular weight is 499 g/mol. The third kappa shape index (κ3) is 4.88. The van der Waals surface area contributed by atoms with Gasteiger partial charge in [-0.2, -0.15) is 0 Å². The summed E-state index contributed by atoms with van der Waals surface area (Å²) in [6.07, 6.45) is 4.53. The van der Waals surface area contributed by atoms with Crippen LogP contribution in [0.1, 0.15) is 34.1 Å². The molecule has 3 aromatic rings. The number of hydrogen-bond donors (Lipinski definition) is 1. The molecule has 0 radical (unpaired) electrons. The molecule has 34 heavy (non-hydrogen) atoms. The molecular formula is C24H26N4O4S2. The van der Waals surface area contributed by atoms with Gasteiger partial charge >= 0.3 is 5.97 Å². The zero-order valence-corrected chi connectivity index (χ0v) is 20.8. The van der Waals surface area contributed by atoms with Gasteiger partial charge < -0.3 is 14.8 Å². The van der Waals surface area contributed by atoms with Crippen molar-refractivity contribution < 1.29 is 19.1 Å². The van der Waals surface area contributed by atoms with Crippen LogP contribution in [0.15, 0.2) is 42.1 Å². The Labute approximate surface area is 206 Å². The molecule has 0 saturated heterocycles. The van der Waals surface area contributed by atoms with Crippen LogP contribution < -0.4 is 10.1 Å². The van der Waals surface area contributed by atoms with Crippen molar-refractivity contribution in [2.45, 2.75) is 37.9 Å². The Morgan fingerprint density at radius 1 is 1.29 bits per heavy atom. The number of ether oxygens (including phenoxy) is 2. The van der Waals surface area contributed by atoms with Crippen molar-refractivity contribution in [3.8, 4) is 17.1 Å². The number of para-hydroxylation sites is 1. The van der Waals surface area contributed by atoms with Gasteiger partial charge in [0, 0.05) is 11.4 Å². The van der Waals surface area contributed by atoms with Gasteiger partial charge in [0.25, 0.3) is 0 Å². The van der Waals surface area contributed by atoms with Gasteiger partial charge in [0.15, 0.2) is 11.0 Å². The predicted molar refractivity (Wildman–Crippen MR) is 134 cm³/mol. The molecule has 1 N–H and O–H groups in total. The third-order valence-electron chi connectivity index (χ3n) is 5.36. The second kappa shape index (κ2) is 10.9. The molecule has 0 fully saturated rings. The fourth-order valence-corrected chi connectivity index (χ4v) is 5.96. The number of methoxy groups -OCH3 is 1. The van der Waals surface area contributed by atoms with Crippen LogP contribution in [-0.2, 0) is 28.9 Å². The zero-order chi connectivity index (χ0) is 24.1. The minimum atomic E-state index is -0.378. The van der Waals surface area contributed by atoms with Crippen LogP contribution in [-0.4, -0.2) is 46.1 Å². The number of aromatic nitrogens is 3. The largest absolute Gasteiger partial charge is 0.496 e. The summed E-state index contributed by atoms with van der Waals surface area (Å²) >= 11 is 2.74. The molecular weight excluding hydrogens is 472 g/mol. The summed E-state index contributed by atoms with van der Waals surface area (Å²) in [5.41, 5.74) is 2.33. The fraction of sp³-hybridized carbons (Fsp3) is 0.333. The van der Waals surface area contributed by atoms with Crippen molar-refractivity contribution in [1.82, 2.24) is 14.8 Å². The molecule has 2 aromatic heterocycles. The molecule has 0 spiro atoms. The van der Waals surface area contributed by atoms with E-state index in [-0.39, 0.29) is 17.6 Å². The summed E-state index contributed by atoms with van der Waals surface area (Å²) in [5, 5.41) is 12.7. The van der Waals surface area contributed by atoms with E-state index in [0.29, 0.717) is 40.4 Å². The van der Waals surface area contributed by atoms with E-state index in [4.69, 9.17) is 9.47 Å². The van der Waals surface area contributed by atoms with Crippen LogP contribution in [0.3, 0.4) is 0 Å². The highest BCUT2D eigenvalue weighted by Crippen LogP contribution is 2.39. The third-order valence-corrected chi connectivity index (χ3v) is 7.54. The summed E-state index contributed by atoms with van der Waals surface area (Å²) in [5.74, 6) is 0.845. The van der Waals surface area contributed by atoms with Crippen LogP contribution in [0.5, 0.6) is 5.75 Å². The maximum absolute atomic E-state index is 12.8. The molecule has 0 bridgehead atoms. The van der Waals surface area contributed by atoms with E-state index in [2.05, 4.69) is 22.1 Å². The first kappa shape index (κ1) is 24.0. The number of benzene rings is 1. The topological polar surface area (TPSA) is 95.3 Å². The normalized spacial score (nSPS) is 12.3. The van der Waals surface area contributed by atoms with Crippen molar-refractivity contribution in [3.63, 3.8) is 0 Å². The van der Waals surface area contributed by atoms with E-state index in [1.165, 1.54) is 23.1 Å². The summed E-state index contributed by atoms with van der Waals surface area (Å²) < 4.78 is 12.6. The predicted octanol–water partition coefficient (Wildman–Crippen LogP) is 4.60. The molecule has 1 aliphatic rings. The molecule has 2 heterocycles. The van der Waals surface area contributed by atoms with Gasteiger partial charge in [-0.3, -0.25) is 9.36 Å². The lowest BCUT2D eigenvalue weighted by Crippen LogP contribution is -2.17. The molecule has 10 heteroatoms. The highest BCUT2D eigenvalue weighted by atomic mass is 32.2. The highest BCUT2D eigenvalue weighted by molar-refractivity contribution is 7.99. The number of fused-ring (bicyclic) bond motifs is 1. The monoisotopic (exact) mass is 498 g/mol. The minimum absolute atomic E-state index is 0.117. The minimum Gasteiger partial charge on any atom is -0.496 e. The Bertz CT molecular complexity index is 1220. The highest BCUT2D eigenvalue weighted by Gasteiger charge is 2.28. The number of rotatable bonds is 10. The number of amides is 1. The molecule has 178 valence electrons. The molecule has 8 nitrogen and oxygen atoms in total. The average Bonchev–Trinajstić information content (AvgIpc) is 3.53. The number of thioether (sulfide) groups is 1. The number of carbonyl (C=O) groups is 2. The lowest BCUT2D eigenvalue weighted by atomic mass is 10.1. The Hall–Kier alpha value is -3.11. The molecule has 4 rings (SSSR count). The van der Waals surface area contributed by atoms with Crippen LogP contribution in [0.2, 0.25) is 0 Å². The van der Waals surface area contributed by atoms with Crippen molar-refractivity contribution in [2.24, 2.45) is 0 Å². The Kier molecular flexibility index (Phi) is 7.69. The van der Waals surface area contributed by atoms with Gasteiger partial charge in [0.1, 0.15) is 10.8 Å². The molecule has 1 amide bonds. The summed E-state index contributed by atoms with van der Waals surface area (Å²) in [4.78, 5) is 26.5. The van der Waals surface area contributed by atoms with E-state index in [0.717, 1.165) is 35.3 Å². The maximum Gasteiger partial charge on any atom is 0.341 e. The summed E-state index contributed by atoms with van der Waals surface area (Å²) in [6, 6.07) is 7.57. The van der Waals surface area contributed by atoms with Gasteiger partial charge in [-0.05, 0) is 43.9 Å². The Balaban J connectivity index is 1.51. The molecule has 0 saturated carbocycles. The summed E-state index contributed by atoms with van der Waals surface area (Å²) in [7, 11) is 1.61. The molecule has 0 aliphatic heterocycles. The first-order chi connectivity index (χ1) is 16.6. The van der Waals surface area contributed by atoms with Gasteiger partial charge in [-0.25, -0.2) is 4.79 Å². The summed E-state index contributed by atoms with van der Waals surface area (Å²) in [6.45, 7) is 6.38. The SMILES string of the molecule is C=CCn1c(SCC(=O)Nc2sc3c(c2C(=O)OCC)CCC3)nnc1-c1ccccc1OC. The number of allylic oxidation sites excluding steroid dienone is 1. The van der Waals surface area contributed by atoms with Crippen LogP contribution in [0, 0.1) is 0 Å². The number of hydrogen-bond acceptors (Lipinski definition) is 8. The maximum atomic E-state index is 12.8. The van der Waals surface area contributed by atoms with E-state index in [1.54, 1.807) is 20.1 Å². The number of nitrogens with one attached hydrogen (secondary N) is 1. The number of nitrogens with zero attached hydrogens (tertiary/aromatic N) is 3. The molecule has 0 unspecified atom stereocenters. The first-order valence-corrected chi connectivity index (χ1v) is 12.8. The molecule has 1 aliphatic carbocycles. The number of anilines is 1. The van der Waals surface area contributed by atoms with Crippen LogP contribution >= 0.6 is 23.1 Å². The lowest BCUT2D eigenvalue weighted by Gasteiger charge is -2.11. The van der Waals surface area contributed by atoms with Crippen molar-refractivity contribution >= 4 is 40.0 Å². The lowest BCUT2D eigenvalue weighted by molar-refractivity contribution is -0.113. The number of carbonyl (C=O) groups excluding carboxylic acids is 2. The van der Waals surface area contributed by atoms with Gasteiger partial charge in [-0.1, -0.05) is 30.0 Å². The number of aryl methyl sites for hydroxylation is 1. The van der Waals surface area contributed by atoms with Gasteiger partial charge in [0.05, 0.1) is 30.6 Å². The van der Waals surface area contributed by atoms with E-state index < -0.39 is 0 Å². The van der Waals surface area contributed by atoms with Crippen LogP contribution in [0.25, 0.3) is 11.4 Å².